The van der Waals surface area contributed by atoms with Crippen molar-refractivity contribution in [2.24, 2.45) is 0 Å². The van der Waals surface area contributed by atoms with Gasteiger partial charge in [-0.3, -0.25) is 9.59 Å². The predicted octanol–water partition coefficient (Wildman–Crippen LogP) is 7.07. The summed E-state index contributed by atoms with van der Waals surface area (Å²) in [5.74, 6) is 0.147. The fourth-order valence-electron chi connectivity index (χ4n) is 3.67. The molecule has 0 aromatic heterocycles. The quantitative estimate of drug-likeness (QED) is 0.299. The molecule has 4 aromatic rings. The highest BCUT2D eigenvalue weighted by Gasteiger charge is 2.15. The molecule has 0 fully saturated rings. The highest BCUT2D eigenvalue weighted by Crippen LogP contribution is 2.23. The maximum Gasteiger partial charge on any atom is 0.255 e. The molecule has 0 bridgehead atoms. The first kappa shape index (κ1) is 24.7. The highest BCUT2D eigenvalue weighted by molar-refractivity contribution is 6.06. The minimum atomic E-state index is -0.263. The molecule has 2 N–H and O–H groups in total. The van der Waals surface area contributed by atoms with E-state index >= 15 is 0 Å². The number of carbonyl (C=O) groups is 2. The summed E-state index contributed by atoms with van der Waals surface area (Å²) in [6.07, 6.45) is 0. The number of benzene rings is 4. The molecule has 0 spiro atoms. The molecular formula is C31H30N2O3. The van der Waals surface area contributed by atoms with E-state index in [-0.39, 0.29) is 17.2 Å². The van der Waals surface area contributed by atoms with Crippen LogP contribution in [0.1, 0.15) is 52.6 Å². The van der Waals surface area contributed by atoms with Crippen LogP contribution in [0.4, 0.5) is 11.4 Å². The molecule has 2 amide bonds. The number of amides is 2. The fraction of sp³-hybridized carbons (Fsp3) is 0.161. The van der Waals surface area contributed by atoms with E-state index in [1.54, 1.807) is 42.5 Å². The molecular weight excluding hydrogens is 448 g/mol. The van der Waals surface area contributed by atoms with Gasteiger partial charge in [0.05, 0.1) is 0 Å². The predicted molar refractivity (Wildman–Crippen MR) is 145 cm³/mol. The van der Waals surface area contributed by atoms with Gasteiger partial charge in [-0.05, 0) is 65.1 Å². The van der Waals surface area contributed by atoms with Crippen molar-refractivity contribution in [2.45, 2.75) is 32.8 Å². The van der Waals surface area contributed by atoms with Crippen LogP contribution < -0.4 is 15.4 Å². The summed E-state index contributed by atoms with van der Waals surface area (Å²) in [6.45, 7) is 6.83. The summed E-state index contributed by atoms with van der Waals surface area (Å²) in [4.78, 5) is 25.6. The van der Waals surface area contributed by atoms with E-state index in [1.807, 2.05) is 60.7 Å². The first-order chi connectivity index (χ1) is 17.3. The van der Waals surface area contributed by atoms with Gasteiger partial charge >= 0.3 is 0 Å². The van der Waals surface area contributed by atoms with Gasteiger partial charge in [-0.1, -0.05) is 75.4 Å². The Morgan fingerprint density at radius 1 is 0.667 bits per heavy atom. The minimum absolute atomic E-state index is 0.0229. The molecule has 5 heteroatoms. The fourth-order valence-corrected chi connectivity index (χ4v) is 3.67. The minimum Gasteiger partial charge on any atom is -0.489 e. The molecule has 182 valence electrons. The van der Waals surface area contributed by atoms with Crippen LogP contribution in [0, 0.1) is 0 Å². The van der Waals surface area contributed by atoms with Gasteiger partial charge < -0.3 is 15.4 Å². The second-order valence-electron chi connectivity index (χ2n) is 9.62. The van der Waals surface area contributed by atoms with Crippen LogP contribution in [0.15, 0.2) is 103 Å². The molecule has 4 rings (SSSR count). The Morgan fingerprint density at radius 2 is 1.28 bits per heavy atom. The summed E-state index contributed by atoms with van der Waals surface area (Å²) in [7, 11) is 0. The standard InChI is InChI=1S/C31H30N2O3/c1-31(2,3)25-17-15-23(16-18-25)29(34)32-26-12-8-13-27(20-26)33-30(35)24-11-7-14-28(19-24)36-21-22-9-5-4-6-10-22/h4-20H,21H2,1-3H3,(H,32,34)(H,33,35). The Morgan fingerprint density at radius 3 is 1.92 bits per heavy atom. The molecule has 0 aliphatic rings. The lowest BCUT2D eigenvalue weighted by molar-refractivity contribution is 0.101. The molecule has 5 nitrogen and oxygen atoms in total. The van der Waals surface area contributed by atoms with Crippen molar-refractivity contribution >= 4 is 23.2 Å². The number of carbonyl (C=O) groups excluding carboxylic acids is 2. The van der Waals surface area contributed by atoms with E-state index in [1.165, 1.54) is 5.56 Å². The second kappa shape index (κ2) is 10.9. The molecule has 0 aliphatic carbocycles. The van der Waals surface area contributed by atoms with E-state index in [0.29, 0.717) is 34.9 Å². The van der Waals surface area contributed by atoms with Crippen LogP contribution >= 0.6 is 0 Å². The first-order valence-electron chi connectivity index (χ1n) is 11.9. The van der Waals surface area contributed by atoms with Gasteiger partial charge in [0.2, 0.25) is 0 Å². The van der Waals surface area contributed by atoms with Crippen LogP contribution in [-0.2, 0) is 12.0 Å². The van der Waals surface area contributed by atoms with Crippen LogP contribution in [0.5, 0.6) is 5.75 Å². The molecule has 0 unspecified atom stereocenters. The van der Waals surface area contributed by atoms with Gasteiger partial charge in [-0.2, -0.15) is 0 Å². The SMILES string of the molecule is CC(C)(C)c1ccc(C(=O)Nc2cccc(NC(=O)c3cccc(OCc4ccccc4)c3)c2)cc1. The topological polar surface area (TPSA) is 67.4 Å². The smallest absolute Gasteiger partial charge is 0.255 e. The zero-order valence-corrected chi connectivity index (χ0v) is 20.7. The van der Waals surface area contributed by atoms with Crippen molar-refractivity contribution in [3.63, 3.8) is 0 Å². The largest absolute Gasteiger partial charge is 0.489 e. The third-order valence-corrected chi connectivity index (χ3v) is 5.74. The van der Waals surface area contributed by atoms with Gasteiger partial charge in [0.1, 0.15) is 12.4 Å². The number of anilines is 2. The molecule has 0 saturated carbocycles. The molecule has 0 heterocycles. The van der Waals surface area contributed by atoms with Crippen molar-refractivity contribution < 1.29 is 14.3 Å². The van der Waals surface area contributed by atoms with Gasteiger partial charge in [0.15, 0.2) is 0 Å². The molecule has 0 atom stereocenters. The number of nitrogens with one attached hydrogen (secondary N) is 2. The van der Waals surface area contributed by atoms with Crippen LogP contribution in [0.3, 0.4) is 0 Å². The number of hydrogen-bond donors (Lipinski definition) is 2. The van der Waals surface area contributed by atoms with Gasteiger partial charge in [-0.15, -0.1) is 0 Å². The summed E-state index contributed by atoms with van der Waals surface area (Å²) >= 11 is 0. The second-order valence-corrected chi connectivity index (χ2v) is 9.62. The average molecular weight is 479 g/mol. The van der Waals surface area contributed by atoms with Crippen molar-refractivity contribution in [3.8, 4) is 5.75 Å². The summed E-state index contributed by atoms with van der Waals surface area (Å²) in [6, 6.07) is 31.6. The molecule has 0 radical (unpaired) electrons. The Labute approximate surface area is 212 Å². The summed E-state index contributed by atoms with van der Waals surface area (Å²) in [5.41, 5.74) is 4.47. The van der Waals surface area contributed by atoms with E-state index in [2.05, 4.69) is 31.4 Å². The molecule has 0 aliphatic heterocycles. The van der Waals surface area contributed by atoms with Gasteiger partial charge in [-0.25, -0.2) is 0 Å². The monoisotopic (exact) mass is 478 g/mol. The number of ether oxygens (including phenoxy) is 1. The van der Waals surface area contributed by atoms with Crippen LogP contribution in [0.2, 0.25) is 0 Å². The maximum absolute atomic E-state index is 12.9. The Balaban J connectivity index is 1.38. The highest BCUT2D eigenvalue weighted by atomic mass is 16.5. The lowest BCUT2D eigenvalue weighted by atomic mass is 9.87. The molecule has 36 heavy (non-hydrogen) atoms. The third-order valence-electron chi connectivity index (χ3n) is 5.74. The molecule has 4 aromatic carbocycles. The van der Waals surface area contributed by atoms with E-state index < -0.39 is 0 Å². The summed E-state index contributed by atoms with van der Waals surface area (Å²) < 4.78 is 5.84. The number of hydrogen-bond acceptors (Lipinski definition) is 3. The van der Waals surface area contributed by atoms with Crippen LogP contribution in [0.25, 0.3) is 0 Å². The Bertz CT molecular complexity index is 1340. The van der Waals surface area contributed by atoms with Crippen LogP contribution in [-0.4, -0.2) is 11.8 Å². The lowest BCUT2D eigenvalue weighted by Crippen LogP contribution is -2.15. The van der Waals surface area contributed by atoms with Crippen molar-refractivity contribution in [1.82, 2.24) is 0 Å². The normalized spacial score (nSPS) is 11.0. The first-order valence-corrected chi connectivity index (χ1v) is 11.9. The molecule has 0 saturated heterocycles. The lowest BCUT2D eigenvalue weighted by Gasteiger charge is -2.19. The maximum atomic E-state index is 12.9. The Kier molecular flexibility index (Phi) is 7.50. The number of rotatable bonds is 7. The van der Waals surface area contributed by atoms with Gasteiger partial charge in [0.25, 0.3) is 11.8 Å². The van der Waals surface area contributed by atoms with E-state index in [9.17, 15) is 9.59 Å². The summed E-state index contributed by atoms with van der Waals surface area (Å²) in [5, 5.41) is 5.79. The average Bonchev–Trinajstić information content (AvgIpc) is 2.88. The Hall–Kier alpha value is -4.38. The van der Waals surface area contributed by atoms with E-state index in [0.717, 1.165) is 5.56 Å². The zero-order valence-electron chi connectivity index (χ0n) is 20.7. The third kappa shape index (κ3) is 6.60. The van der Waals surface area contributed by atoms with Crippen molar-refractivity contribution in [3.05, 3.63) is 125 Å². The van der Waals surface area contributed by atoms with Crippen molar-refractivity contribution in [2.75, 3.05) is 10.6 Å². The van der Waals surface area contributed by atoms with Gasteiger partial charge in [0, 0.05) is 22.5 Å². The van der Waals surface area contributed by atoms with Crippen molar-refractivity contribution in [1.29, 1.82) is 0 Å². The zero-order chi connectivity index (χ0) is 25.5. The van der Waals surface area contributed by atoms with E-state index in [4.69, 9.17) is 4.74 Å².